The van der Waals surface area contributed by atoms with Crippen molar-refractivity contribution in [3.63, 3.8) is 0 Å². The van der Waals surface area contributed by atoms with Crippen LogP contribution in [0.2, 0.25) is 0 Å². The third-order valence-electron chi connectivity index (χ3n) is 2.58. The first-order valence-corrected chi connectivity index (χ1v) is 7.29. The van der Waals surface area contributed by atoms with Crippen molar-refractivity contribution in [2.24, 2.45) is 0 Å². The van der Waals surface area contributed by atoms with Crippen LogP contribution in [0.25, 0.3) is 5.82 Å². The van der Waals surface area contributed by atoms with E-state index in [-0.39, 0.29) is 5.41 Å². The highest BCUT2D eigenvalue weighted by atomic mass is 127. The molecule has 0 N–H and O–H groups in total. The topological polar surface area (TPSA) is 30.7 Å². The molecule has 0 bridgehead atoms. The van der Waals surface area contributed by atoms with Gasteiger partial charge < -0.3 is 0 Å². The molecule has 0 atom stereocenters. The standard InChI is InChI=1S/C13H15ClIN3/c1-13(2,3)11-4-9(6-14)5-12(17-11)18-8-10(15)7-16-18/h4-5,7-8H,6H2,1-3H3. The summed E-state index contributed by atoms with van der Waals surface area (Å²) >= 11 is 8.19. The summed E-state index contributed by atoms with van der Waals surface area (Å²) in [5.41, 5.74) is 2.09. The second-order valence-corrected chi connectivity index (χ2v) is 6.72. The van der Waals surface area contributed by atoms with E-state index >= 15 is 0 Å². The van der Waals surface area contributed by atoms with Gasteiger partial charge in [-0.25, -0.2) is 9.67 Å². The van der Waals surface area contributed by atoms with E-state index in [0.29, 0.717) is 5.88 Å². The normalized spacial score (nSPS) is 11.8. The number of nitrogens with zero attached hydrogens (tertiary/aromatic N) is 3. The van der Waals surface area contributed by atoms with Crippen molar-refractivity contribution >= 4 is 34.2 Å². The maximum atomic E-state index is 5.95. The van der Waals surface area contributed by atoms with Gasteiger partial charge in [0.15, 0.2) is 5.82 Å². The number of halogens is 2. The first-order chi connectivity index (χ1) is 8.40. The van der Waals surface area contributed by atoms with Crippen molar-refractivity contribution in [1.29, 1.82) is 0 Å². The molecule has 0 fully saturated rings. The molecule has 0 radical (unpaired) electrons. The summed E-state index contributed by atoms with van der Waals surface area (Å²) in [5, 5.41) is 4.29. The van der Waals surface area contributed by atoms with Crippen LogP contribution in [-0.4, -0.2) is 14.8 Å². The van der Waals surface area contributed by atoms with Gasteiger partial charge >= 0.3 is 0 Å². The molecule has 5 heteroatoms. The lowest BCUT2D eigenvalue weighted by molar-refractivity contribution is 0.565. The summed E-state index contributed by atoms with van der Waals surface area (Å²) in [4.78, 5) is 4.67. The molecule has 2 aromatic rings. The van der Waals surface area contributed by atoms with Crippen molar-refractivity contribution in [3.05, 3.63) is 39.4 Å². The lowest BCUT2D eigenvalue weighted by Gasteiger charge is -2.19. The Hall–Kier alpha value is -0.620. The highest BCUT2D eigenvalue weighted by Crippen LogP contribution is 2.23. The average Bonchev–Trinajstić information content (AvgIpc) is 2.74. The van der Waals surface area contributed by atoms with Crippen molar-refractivity contribution in [3.8, 4) is 5.82 Å². The van der Waals surface area contributed by atoms with Crippen molar-refractivity contribution < 1.29 is 0 Å². The van der Waals surface area contributed by atoms with Crippen LogP contribution in [0.15, 0.2) is 24.5 Å². The lowest BCUT2D eigenvalue weighted by atomic mass is 9.91. The quantitative estimate of drug-likeness (QED) is 0.588. The summed E-state index contributed by atoms with van der Waals surface area (Å²) in [7, 11) is 0. The SMILES string of the molecule is CC(C)(C)c1cc(CCl)cc(-n2cc(I)cn2)n1. The van der Waals surface area contributed by atoms with Gasteiger partial charge in [-0.15, -0.1) is 11.6 Å². The zero-order chi connectivity index (χ0) is 13.3. The van der Waals surface area contributed by atoms with Gasteiger partial charge in [0.25, 0.3) is 0 Å². The van der Waals surface area contributed by atoms with Crippen LogP contribution in [0.4, 0.5) is 0 Å². The van der Waals surface area contributed by atoms with E-state index in [4.69, 9.17) is 11.6 Å². The first-order valence-electron chi connectivity index (χ1n) is 5.68. The molecule has 2 aromatic heterocycles. The summed E-state index contributed by atoms with van der Waals surface area (Å²) in [6.45, 7) is 6.43. The molecule has 0 saturated carbocycles. The molecule has 0 aliphatic rings. The summed E-state index contributed by atoms with van der Waals surface area (Å²) in [6, 6.07) is 4.04. The monoisotopic (exact) mass is 375 g/mol. The van der Waals surface area contributed by atoms with E-state index in [2.05, 4.69) is 59.5 Å². The number of hydrogen-bond acceptors (Lipinski definition) is 2. The van der Waals surface area contributed by atoms with Gasteiger partial charge in [0.2, 0.25) is 0 Å². The summed E-state index contributed by atoms with van der Waals surface area (Å²) < 4.78 is 2.87. The molecular formula is C13H15ClIN3. The molecule has 0 aromatic carbocycles. The molecule has 96 valence electrons. The number of alkyl halides is 1. The molecule has 0 aliphatic carbocycles. The minimum Gasteiger partial charge on any atom is -0.233 e. The number of pyridine rings is 1. The van der Waals surface area contributed by atoms with Gasteiger partial charge in [0.1, 0.15) is 0 Å². The van der Waals surface area contributed by atoms with Crippen molar-refractivity contribution in [2.75, 3.05) is 0 Å². The lowest BCUT2D eigenvalue weighted by Crippen LogP contribution is -2.15. The van der Waals surface area contributed by atoms with Gasteiger partial charge in [-0.3, -0.25) is 0 Å². The minimum absolute atomic E-state index is 0.00285. The van der Waals surface area contributed by atoms with Crippen LogP contribution in [0.1, 0.15) is 32.0 Å². The van der Waals surface area contributed by atoms with Gasteiger partial charge in [-0.1, -0.05) is 20.8 Å². The maximum Gasteiger partial charge on any atom is 0.153 e. The Morgan fingerprint density at radius 2 is 2.06 bits per heavy atom. The Labute approximate surface area is 126 Å². The Morgan fingerprint density at radius 1 is 1.33 bits per heavy atom. The Morgan fingerprint density at radius 3 is 2.56 bits per heavy atom. The fraction of sp³-hybridized carbons (Fsp3) is 0.385. The second kappa shape index (κ2) is 5.17. The van der Waals surface area contributed by atoms with Crippen LogP contribution >= 0.6 is 34.2 Å². The molecular weight excluding hydrogens is 361 g/mol. The van der Waals surface area contributed by atoms with Gasteiger partial charge in [0.05, 0.1) is 9.77 Å². The van der Waals surface area contributed by atoms with E-state index in [1.807, 2.05) is 18.5 Å². The minimum atomic E-state index is -0.00285. The van der Waals surface area contributed by atoms with Gasteiger partial charge in [-0.05, 0) is 40.3 Å². The predicted octanol–water partition coefficient (Wildman–Crippen LogP) is 3.91. The van der Waals surface area contributed by atoms with E-state index in [9.17, 15) is 0 Å². The zero-order valence-electron chi connectivity index (χ0n) is 10.6. The Kier molecular flexibility index (Phi) is 3.96. The van der Waals surface area contributed by atoms with E-state index < -0.39 is 0 Å². The van der Waals surface area contributed by atoms with Crippen LogP contribution in [0.5, 0.6) is 0 Å². The van der Waals surface area contributed by atoms with E-state index in [1.165, 1.54) is 0 Å². The van der Waals surface area contributed by atoms with Crippen LogP contribution in [0.3, 0.4) is 0 Å². The molecule has 0 aliphatic heterocycles. The molecule has 0 saturated heterocycles. The van der Waals surface area contributed by atoms with E-state index in [1.54, 1.807) is 4.68 Å². The largest absolute Gasteiger partial charge is 0.233 e. The van der Waals surface area contributed by atoms with Crippen LogP contribution in [-0.2, 0) is 11.3 Å². The highest BCUT2D eigenvalue weighted by molar-refractivity contribution is 14.1. The number of aromatic nitrogens is 3. The maximum absolute atomic E-state index is 5.95. The molecule has 0 unspecified atom stereocenters. The van der Waals surface area contributed by atoms with E-state index in [0.717, 1.165) is 20.6 Å². The van der Waals surface area contributed by atoms with Crippen molar-refractivity contribution in [2.45, 2.75) is 32.1 Å². The molecule has 18 heavy (non-hydrogen) atoms. The van der Waals surface area contributed by atoms with Crippen LogP contribution in [0, 0.1) is 3.57 Å². The number of hydrogen-bond donors (Lipinski definition) is 0. The summed E-state index contributed by atoms with van der Waals surface area (Å²) in [5.74, 6) is 1.30. The second-order valence-electron chi connectivity index (χ2n) is 5.21. The molecule has 3 nitrogen and oxygen atoms in total. The molecule has 0 amide bonds. The fourth-order valence-corrected chi connectivity index (χ4v) is 2.12. The third kappa shape index (κ3) is 3.03. The fourth-order valence-electron chi connectivity index (χ4n) is 1.58. The average molecular weight is 376 g/mol. The highest BCUT2D eigenvalue weighted by Gasteiger charge is 2.17. The Balaban J connectivity index is 2.54. The zero-order valence-corrected chi connectivity index (χ0v) is 13.5. The smallest absolute Gasteiger partial charge is 0.153 e. The molecule has 2 rings (SSSR count). The molecule has 2 heterocycles. The van der Waals surface area contributed by atoms with Crippen LogP contribution < -0.4 is 0 Å². The number of rotatable bonds is 2. The first kappa shape index (κ1) is 13.8. The summed E-state index contributed by atoms with van der Waals surface area (Å²) in [6.07, 6.45) is 3.76. The van der Waals surface area contributed by atoms with Gasteiger partial charge in [-0.2, -0.15) is 5.10 Å². The van der Waals surface area contributed by atoms with Gasteiger partial charge in [0, 0.05) is 23.2 Å². The molecule has 0 spiro atoms. The third-order valence-corrected chi connectivity index (χ3v) is 3.45. The Bertz CT molecular complexity index is 558. The predicted molar refractivity (Wildman–Crippen MR) is 82.3 cm³/mol. The van der Waals surface area contributed by atoms with Crippen molar-refractivity contribution in [1.82, 2.24) is 14.8 Å².